The Hall–Kier alpha value is -1.06. The Kier molecular flexibility index (Phi) is 4.12. The molecule has 0 aliphatic heterocycles. The standard InChI is InChI=1S/C12H14O2S/c1-8(9(2)13)12(14)10-4-6-11(15-3)7-5-10/h4-7,12,14H,1H2,2-3H3. The highest BCUT2D eigenvalue weighted by Gasteiger charge is 2.14. The second kappa shape index (κ2) is 5.14. The van der Waals surface area contributed by atoms with Crippen LogP contribution in [0.5, 0.6) is 0 Å². The van der Waals surface area contributed by atoms with Gasteiger partial charge in [0, 0.05) is 10.5 Å². The Bertz CT molecular complexity index is 368. The van der Waals surface area contributed by atoms with E-state index in [1.807, 2.05) is 30.5 Å². The largest absolute Gasteiger partial charge is 0.384 e. The second-order valence-corrected chi connectivity index (χ2v) is 4.14. The molecule has 0 heterocycles. The van der Waals surface area contributed by atoms with Crippen molar-refractivity contribution in [3.63, 3.8) is 0 Å². The van der Waals surface area contributed by atoms with E-state index >= 15 is 0 Å². The molecule has 1 unspecified atom stereocenters. The van der Waals surface area contributed by atoms with Gasteiger partial charge in [-0.05, 0) is 30.9 Å². The van der Waals surface area contributed by atoms with Gasteiger partial charge in [0.05, 0.1) is 0 Å². The summed E-state index contributed by atoms with van der Waals surface area (Å²) in [4.78, 5) is 12.1. The van der Waals surface area contributed by atoms with Crippen molar-refractivity contribution < 1.29 is 9.90 Å². The molecule has 0 aliphatic rings. The highest BCUT2D eigenvalue weighted by atomic mass is 32.2. The number of carbonyl (C=O) groups excluding carboxylic acids is 1. The quantitative estimate of drug-likeness (QED) is 0.628. The van der Waals surface area contributed by atoms with Gasteiger partial charge in [-0.3, -0.25) is 4.79 Å². The minimum Gasteiger partial charge on any atom is -0.384 e. The van der Waals surface area contributed by atoms with Gasteiger partial charge in [0.15, 0.2) is 5.78 Å². The second-order valence-electron chi connectivity index (χ2n) is 3.26. The van der Waals surface area contributed by atoms with Crippen LogP contribution in [-0.2, 0) is 4.79 Å². The van der Waals surface area contributed by atoms with Crippen molar-refractivity contribution in [3.05, 3.63) is 42.0 Å². The van der Waals surface area contributed by atoms with Crippen molar-refractivity contribution in [1.82, 2.24) is 0 Å². The van der Waals surface area contributed by atoms with Crippen LogP contribution in [0.15, 0.2) is 41.3 Å². The molecule has 1 atom stereocenters. The first kappa shape index (κ1) is 12.0. The molecule has 80 valence electrons. The number of Topliss-reactive ketones (excluding diaryl/α,β-unsaturated/α-hetero) is 1. The summed E-state index contributed by atoms with van der Waals surface area (Å²) in [6.07, 6.45) is 1.10. The number of hydrogen-bond acceptors (Lipinski definition) is 3. The molecule has 1 rings (SSSR count). The minimum absolute atomic E-state index is 0.184. The molecule has 0 aliphatic carbocycles. The Labute approximate surface area is 94.0 Å². The third-order valence-corrected chi connectivity index (χ3v) is 2.96. The van der Waals surface area contributed by atoms with Crippen molar-refractivity contribution in [3.8, 4) is 0 Å². The van der Waals surface area contributed by atoms with E-state index in [0.717, 1.165) is 4.90 Å². The predicted octanol–water partition coefficient (Wildman–Crippen LogP) is 2.59. The van der Waals surface area contributed by atoms with E-state index in [4.69, 9.17) is 0 Å². The van der Waals surface area contributed by atoms with Crippen molar-refractivity contribution in [2.75, 3.05) is 6.26 Å². The average Bonchev–Trinajstić information content (AvgIpc) is 2.27. The number of rotatable bonds is 4. The van der Waals surface area contributed by atoms with E-state index in [0.29, 0.717) is 5.56 Å². The third-order valence-electron chi connectivity index (χ3n) is 2.21. The van der Waals surface area contributed by atoms with Gasteiger partial charge in [-0.25, -0.2) is 0 Å². The number of aliphatic hydroxyl groups is 1. The lowest BCUT2D eigenvalue weighted by Crippen LogP contribution is -2.07. The summed E-state index contributed by atoms with van der Waals surface area (Å²) in [6, 6.07) is 7.45. The number of carbonyl (C=O) groups is 1. The summed E-state index contributed by atoms with van der Waals surface area (Å²) >= 11 is 1.63. The molecular formula is C12H14O2S. The molecular weight excluding hydrogens is 208 g/mol. The van der Waals surface area contributed by atoms with Crippen LogP contribution in [0.4, 0.5) is 0 Å². The van der Waals surface area contributed by atoms with E-state index in [1.54, 1.807) is 11.8 Å². The molecule has 0 saturated carbocycles. The van der Waals surface area contributed by atoms with E-state index in [9.17, 15) is 9.90 Å². The Balaban J connectivity index is 2.87. The van der Waals surface area contributed by atoms with E-state index < -0.39 is 6.10 Å². The van der Waals surface area contributed by atoms with Crippen LogP contribution in [-0.4, -0.2) is 17.1 Å². The molecule has 0 spiro atoms. The number of thioether (sulfide) groups is 1. The van der Waals surface area contributed by atoms with Crippen molar-refractivity contribution >= 4 is 17.5 Å². The Morgan fingerprint density at radius 1 is 1.40 bits per heavy atom. The fraction of sp³-hybridized carbons (Fsp3) is 0.250. The van der Waals surface area contributed by atoms with Crippen LogP contribution in [0.25, 0.3) is 0 Å². The van der Waals surface area contributed by atoms with Gasteiger partial charge in [-0.15, -0.1) is 11.8 Å². The summed E-state index contributed by atoms with van der Waals surface area (Å²) in [5.41, 5.74) is 0.930. The normalized spacial score (nSPS) is 12.2. The lowest BCUT2D eigenvalue weighted by atomic mass is 10.0. The first-order chi connectivity index (χ1) is 7.06. The van der Waals surface area contributed by atoms with E-state index in [1.165, 1.54) is 6.92 Å². The van der Waals surface area contributed by atoms with Crippen LogP contribution >= 0.6 is 11.8 Å². The maximum Gasteiger partial charge on any atom is 0.158 e. The summed E-state index contributed by atoms with van der Waals surface area (Å²) in [5, 5.41) is 9.80. The zero-order chi connectivity index (χ0) is 11.4. The highest BCUT2D eigenvalue weighted by molar-refractivity contribution is 7.98. The van der Waals surface area contributed by atoms with Gasteiger partial charge >= 0.3 is 0 Å². The van der Waals surface area contributed by atoms with Gasteiger partial charge in [0.2, 0.25) is 0 Å². The molecule has 3 heteroatoms. The molecule has 1 aromatic carbocycles. The van der Waals surface area contributed by atoms with Gasteiger partial charge < -0.3 is 5.11 Å². The SMILES string of the molecule is C=C(C(C)=O)C(O)c1ccc(SC)cc1. The zero-order valence-corrected chi connectivity index (χ0v) is 9.67. The van der Waals surface area contributed by atoms with E-state index in [2.05, 4.69) is 6.58 Å². The number of aliphatic hydroxyl groups excluding tert-OH is 1. The summed E-state index contributed by atoms with van der Waals surface area (Å²) in [5.74, 6) is -0.184. The van der Waals surface area contributed by atoms with Crippen LogP contribution in [0.2, 0.25) is 0 Å². The third kappa shape index (κ3) is 2.94. The molecule has 0 bridgehead atoms. The smallest absolute Gasteiger partial charge is 0.158 e. The molecule has 0 aromatic heterocycles. The van der Waals surface area contributed by atoms with Crippen LogP contribution < -0.4 is 0 Å². The maximum absolute atomic E-state index is 11.0. The number of hydrogen-bond donors (Lipinski definition) is 1. The maximum atomic E-state index is 11.0. The molecule has 0 fully saturated rings. The summed E-state index contributed by atoms with van der Waals surface area (Å²) in [6.45, 7) is 4.97. The van der Waals surface area contributed by atoms with Gasteiger partial charge in [0.1, 0.15) is 6.10 Å². The summed E-state index contributed by atoms with van der Waals surface area (Å²) in [7, 11) is 0. The van der Waals surface area contributed by atoms with Gasteiger partial charge in [0.25, 0.3) is 0 Å². The predicted molar refractivity (Wildman–Crippen MR) is 63.0 cm³/mol. The topological polar surface area (TPSA) is 37.3 Å². The Morgan fingerprint density at radius 3 is 2.33 bits per heavy atom. The first-order valence-corrected chi connectivity index (χ1v) is 5.80. The molecule has 1 N–H and O–H groups in total. The van der Waals surface area contributed by atoms with Crippen LogP contribution in [0, 0.1) is 0 Å². The van der Waals surface area contributed by atoms with Crippen molar-refractivity contribution in [1.29, 1.82) is 0 Å². The van der Waals surface area contributed by atoms with Crippen LogP contribution in [0.1, 0.15) is 18.6 Å². The lowest BCUT2D eigenvalue weighted by Gasteiger charge is -2.11. The van der Waals surface area contributed by atoms with Crippen molar-refractivity contribution in [2.45, 2.75) is 17.9 Å². The monoisotopic (exact) mass is 222 g/mol. The fourth-order valence-electron chi connectivity index (χ4n) is 1.18. The van der Waals surface area contributed by atoms with Gasteiger partial charge in [-0.2, -0.15) is 0 Å². The molecule has 0 radical (unpaired) electrons. The first-order valence-electron chi connectivity index (χ1n) is 4.58. The zero-order valence-electron chi connectivity index (χ0n) is 8.86. The number of ketones is 1. The minimum atomic E-state index is -0.890. The Morgan fingerprint density at radius 2 is 1.93 bits per heavy atom. The number of benzene rings is 1. The molecule has 2 nitrogen and oxygen atoms in total. The fourth-order valence-corrected chi connectivity index (χ4v) is 1.59. The molecule has 0 amide bonds. The van der Waals surface area contributed by atoms with E-state index in [-0.39, 0.29) is 11.4 Å². The molecule has 1 aromatic rings. The van der Waals surface area contributed by atoms with Crippen molar-refractivity contribution in [2.24, 2.45) is 0 Å². The lowest BCUT2D eigenvalue weighted by molar-refractivity contribution is -0.114. The molecule has 0 saturated heterocycles. The summed E-state index contributed by atoms with van der Waals surface area (Å²) < 4.78 is 0. The van der Waals surface area contributed by atoms with Crippen LogP contribution in [0.3, 0.4) is 0 Å². The highest BCUT2D eigenvalue weighted by Crippen LogP contribution is 2.23. The molecule has 15 heavy (non-hydrogen) atoms. The average molecular weight is 222 g/mol. The van der Waals surface area contributed by atoms with Gasteiger partial charge in [-0.1, -0.05) is 18.7 Å².